The summed E-state index contributed by atoms with van der Waals surface area (Å²) in [7, 11) is 0. The number of amides is 2. The molecule has 2 amide bonds. The summed E-state index contributed by atoms with van der Waals surface area (Å²) >= 11 is 0. The largest absolute Gasteiger partial charge is 0.457 e. The predicted octanol–water partition coefficient (Wildman–Crippen LogP) is 8.19. The number of ether oxygens (including phenoxy) is 1. The molecular weight excluding hydrogens is 619 g/mol. The van der Waals surface area contributed by atoms with Gasteiger partial charge in [0.25, 0.3) is 5.91 Å². The lowest BCUT2D eigenvalue weighted by atomic mass is 9.89. The lowest BCUT2D eigenvalue weighted by molar-refractivity contribution is -0.161. The molecule has 0 spiro atoms. The molecule has 1 unspecified atom stereocenters. The number of halogens is 3. The molecule has 1 aliphatic carbocycles. The first-order valence-corrected chi connectivity index (χ1v) is 15.3. The number of fused-ring (bicyclic) bond motifs is 3. The van der Waals surface area contributed by atoms with Gasteiger partial charge in [0, 0.05) is 18.5 Å². The average Bonchev–Trinajstić information content (AvgIpc) is 3.41. The summed E-state index contributed by atoms with van der Waals surface area (Å²) in [5, 5.41) is 2.88. The van der Waals surface area contributed by atoms with Crippen LogP contribution >= 0.6 is 0 Å². The van der Waals surface area contributed by atoms with Crippen molar-refractivity contribution >= 4 is 23.8 Å². The van der Waals surface area contributed by atoms with Gasteiger partial charge in [-0.3, -0.25) is 14.6 Å². The zero-order chi connectivity index (χ0) is 33.8. The van der Waals surface area contributed by atoms with Crippen LogP contribution in [-0.2, 0) is 9.59 Å². The van der Waals surface area contributed by atoms with Crippen molar-refractivity contribution in [3.05, 3.63) is 132 Å². The molecule has 7 nitrogen and oxygen atoms in total. The fourth-order valence-electron chi connectivity index (χ4n) is 6.08. The van der Waals surface area contributed by atoms with Gasteiger partial charge in [0.2, 0.25) is 5.91 Å². The van der Waals surface area contributed by atoms with E-state index in [4.69, 9.17) is 4.74 Å². The standard InChI is InChI=1S/C38H30F3N3O4/c1-24-21-25(43-36(46)30-15-7-8-18-32(30)48-26-11-3-2-4-12-26)22-42-35(24)31-17-9-16-28-27-13-5-6-14-29(27)34(33(28)31)37(47)44(19-10-20-45)23-38(39,40)41/h2-9,11-18,20-22,34H,10,19,23H2,1H3,(H,43,46). The highest BCUT2D eigenvalue weighted by Gasteiger charge is 2.41. The highest BCUT2D eigenvalue weighted by molar-refractivity contribution is 6.06. The number of aldehydes is 1. The molecule has 242 valence electrons. The quantitative estimate of drug-likeness (QED) is 0.154. The number of anilines is 1. The number of alkyl halides is 3. The number of nitrogens with zero attached hydrogens (tertiary/aromatic N) is 2. The molecule has 6 rings (SSSR count). The second-order valence-electron chi connectivity index (χ2n) is 11.4. The Kier molecular flexibility index (Phi) is 9.07. The van der Waals surface area contributed by atoms with E-state index in [2.05, 4.69) is 10.3 Å². The van der Waals surface area contributed by atoms with Crippen LogP contribution in [0.1, 0.15) is 39.4 Å². The smallest absolute Gasteiger partial charge is 0.406 e. The van der Waals surface area contributed by atoms with E-state index < -0.39 is 30.5 Å². The van der Waals surface area contributed by atoms with Gasteiger partial charge in [0.05, 0.1) is 29.1 Å². The summed E-state index contributed by atoms with van der Waals surface area (Å²) in [6.45, 7) is -0.0208. The molecule has 0 bridgehead atoms. The van der Waals surface area contributed by atoms with Gasteiger partial charge in [-0.25, -0.2) is 0 Å². The molecule has 0 aliphatic heterocycles. The van der Waals surface area contributed by atoms with Crippen LogP contribution in [0.25, 0.3) is 22.4 Å². The summed E-state index contributed by atoms with van der Waals surface area (Å²) < 4.78 is 46.7. The zero-order valence-electron chi connectivity index (χ0n) is 25.8. The number of carbonyl (C=O) groups excluding carboxylic acids is 3. The third kappa shape index (κ3) is 6.69. The van der Waals surface area contributed by atoms with E-state index in [9.17, 15) is 27.6 Å². The van der Waals surface area contributed by atoms with Crippen molar-refractivity contribution in [1.82, 2.24) is 9.88 Å². The lowest BCUT2D eigenvalue weighted by Crippen LogP contribution is -2.42. The number of carbonyl (C=O) groups is 3. The fraction of sp³-hybridized carbons (Fsp3) is 0.158. The Balaban J connectivity index is 1.33. The SMILES string of the molecule is Cc1cc(NC(=O)c2ccccc2Oc2ccccc2)cnc1-c1cccc2c1C(C(=O)N(CCC=O)CC(F)(F)F)c1ccccc1-2. The zero-order valence-corrected chi connectivity index (χ0v) is 25.8. The maximum absolute atomic E-state index is 14.0. The topological polar surface area (TPSA) is 88.6 Å². The molecule has 0 fully saturated rings. The van der Waals surface area contributed by atoms with E-state index in [0.29, 0.717) is 61.9 Å². The highest BCUT2D eigenvalue weighted by atomic mass is 19.4. The number of aryl methyl sites for hydroxylation is 1. The highest BCUT2D eigenvalue weighted by Crippen LogP contribution is 2.49. The molecule has 0 saturated heterocycles. The summed E-state index contributed by atoms with van der Waals surface area (Å²) in [5.41, 5.74) is 5.10. The minimum absolute atomic E-state index is 0.221. The third-order valence-corrected chi connectivity index (χ3v) is 8.10. The maximum atomic E-state index is 14.0. The molecule has 1 heterocycles. The van der Waals surface area contributed by atoms with Crippen molar-refractivity contribution in [2.45, 2.75) is 25.4 Å². The van der Waals surface area contributed by atoms with E-state index in [-0.39, 0.29) is 13.0 Å². The predicted molar refractivity (Wildman–Crippen MR) is 176 cm³/mol. The van der Waals surface area contributed by atoms with E-state index in [0.717, 1.165) is 11.1 Å². The van der Waals surface area contributed by atoms with Gasteiger partial charge < -0.3 is 19.7 Å². The van der Waals surface area contributed by atoms with Gasteiger partial charge in [-0.1, -0.05) is 72.8 Å². The van der Waals surface area contributed by atoms with Crippen molar-refractivity contribution in [2.24, 2.45) is 0 Å². The Labute approximate surface area is 275 Å². The Hall–Kier alpha value is -5.77. The number of benzene rings is 4. The maximum Gasteiger partial charge on any atom is 0.406 e. The molecule has 1 aromatic heterocycles. The minimum Gasteiger partial charge on any atom is -0.457 e. The Bertz CT molecular complexity index is 2000. The van der Waals surface area contributed by atoms with Crippen LogP contribution in [0, 0.1) is 6.92 Å². The van der Waals surface area contributed by atoms with Crippen LogP contribution in [0.15, 0.2) is 109 Å². The first kappa shape index (κ1) is 32.2. The molecule has 1 aliphatic rings. The number of nitrogens with one attached hydrogen (secondary N) is 1. The van der Waals surface area contributed by atoms with E-state index in [1.54, 1.807) is 60.7 Å². The average molecular weight is 650 g/mol. The van der Waals surface area contributed by atoms with E-state index in [1.807, 2.05) is 49.4 Å². The van der Waals surface area contributed by atoms with Gasteiger partial charge in [-0.05, 0) is 65.1 Å². The van der Waals surface area contributed by atoms with E-state index >= 15 is 0 Å². The van der Waals surface area contributed by atoms with Crippen LogP contribution in [0.2, 0.25) is 0 Å². The molecule has 1 atom stereocenters. The van der Waals surface area contributed by atoms with Crippen LogP contribution in [0.5, 0.6) is 11.5 Å². The molecule has 0 saturated carbocycles. The first-order valence-electron chi connectivity index (χ1n) is 15.3. The number of pyridine rings is 1. The fourth-order valence-corrected chi connectivity index (χ4v) is 6.08. The normalized spacial score (nSPS) is 13.3. The molecule has 48 heavy (non-hydrogen) atoms. The molecule has 1 N–H and O–H groups in total. The van der Waals surface area contributed by atoms with Crippen molar-refractivity contribution in [3.63, 3.8) is 0 Å². The van der Waals surface area contributed by atoms with Gasteiger partial charge in [0.1, 0.15) is 24.3 Å². The molecule has 10 heteroatoms. The summed E-state index contributed by atoms with van der Waals surface area (Å²) in [6.07, 6.45) is -2.87. The van der Waals surface area contributed by atoms with Gasteiger partial charge in [-0.15, -0.1) is 0 Å². The van der Waals surface area contributed by atoms with Gasteiger partial charge in [-0.2, -0.15) is 13.2 Å². The number of aromatic nitrogens is 1. The van der Waals surface area contributed by atoms with Crippen LogP contribution < -0.4 is 10.1 Å². The van der Waals surface area contributed by atoms with E-state index in [1.165, 1.54) is 6.20 Å². The monoisotopic (exact) mass is 649 g/mol. The van der Waals surface area contributed by atoms with Crippen molar-refractivity contribution < 1.29 is 32.3 Å². The molecule has 5 aromatic rings. The Morgan fingerprint density at radius 1 is 0.896 bits per heavy atom. The van der Waals surface area contributed by atoms with Crippen molar-refractivity contribution in [2.75, 3.05) is 18.4 Å². The van der Waals surface area contributed by atoms with Gasteiger partial charge >= 0.3 is 6.18 Å². The molecule has 0 radical (unpaired) electrons. The minimum atomic E-state index is -4.65. The molecular formula is C38H30F3N3O4. The lowest BCUT2D eigenvalue weighted by Gasteiger charge is -2.28. The van der Waals surface area contributed by atoms with Crippen molar-refractivity contribution in [3.8, 4) is 33.9 Å². The first-order chi connectivity index (χ1) is 23.1. The van der Waals surface area contributed by atoms with Gasteiger partial charge in [0.15, 0.2) is 0 Å². The van der Waals surface area contributed by atoms with Crippen LogP contribution in [0.3, 0.4) is 0 Å². The number of para-hydroxylation sites is 2. The van der Waals surface area contributed by atoms with Crippen LogP contribution in [0.4, 0.5) is 18.9 Å². The van der Waals surface area contributed by atoms with Crippen molar-refractivity contribution in [1.29, 1.82) is 0 Å². The number of rotatable bonds is 10. The second-order valence-corrected chi connectivity index (χ2v) is 11.4. The second kappa shape index (κ2) is 13.5. The summed E-state index contributed by atoms with van der Waals surface area (Å²) in [5.74, 6) is -1.23. The Morgan fingerprint density at radius 2 is 1.58 bits per heavy atom. The summed E-state index contributed by atoms with van der Waals surface area (Å²) in [4.78, 5) is 43.9. The number of hydrogen-bond acceptors (Lipinski definition) is 5. The van der Waals surface area contributed by atoms with Crippen LogP contribution in [-0.4, -0.2) is 47.3 Å². The molecule has 4 aromatic carbocycles. The Morgan fingerprint density at radius 3 is 2.33 bits per heavy atom. The number of hydrogen-bond donors (Lipinski definition) is 1. The third-order valence-electron chi connectivity index (χ3n) is 8.10. The summed E-state index contributed by atoms with van der Waals surface area (Å²) in [6, 6.07) is 30.3.